The number of hydrogen-bond donors (Lipinski definition) is 1. The van der Waals surface area contributed by atoms with Gasteiger partial charge in [0.1, 0.15) is 5.82 Å². The lowest BCUT2D eigenvalue weighted by Crippen LogP contribution is -2.43. The summed E-state index contributed by atoms with van der Waals surface area (Å²) >= 11 is 0. The molecule has 1 heterocycles. The van der Waals surface area contributed by atoms with E-state index in [2.05, 4.69) is 12.2 Å². The van der Waals surface area contributed by atoms with Crippen LogP contribution in [0.3, 0.4) is 0 Å². The Morgan fingerprint density at radius 1 is 1.40 bits per heavy atom. The molecule has 0 bridgehead atoms. The zero-order valence-corrected chi connectivity index (χ0v) is 12.3. The van der Waals surface area contributed by atoms with E-state index in [9.17, 15) is 9.18 Å². The first kappa shape index (κ1) is 15.0. The van der Waals surface area contributed by atoms with Crippen LogP contribution in [0.5, 0.6) is 0 Å². The van der Waals surface area contributed by atoms with Gasteiger partial charge in [-0.1, -0.05) is 25.5 Å². The van der Waals surface area contributed by atoms with Gasteiger partial charge in [-0.2, -0.15) is 0 Å². The number of halogens is 1. The molecule has 2 rings (SSSR count). The summed E-state index contributed by atoms with van der Waals surface area (Å²) in [5.41, 5.74) is 0.712. The van der Waals surface area contributed by atoms with Crippen LogP contribution in [-0.4, -0.2) is 30.9 Å². The van der Waals surface area contributed by atoms with Gasteiger partial charge in [0.05, 0.1) is 5.41 Å². The molecule has 0 radical (unpaired) electrons. The number of hydrogen-bond acceptors (Lipinski definition) is 2. The first-order valence-corrected chi connectivity index (χ1v) is 7.28. The minimum absolute atomic E-state index is 0.202. The highest BCUT2D eigenvalue weighted by molar-refractivity contribution is 5.83. The lowest BCUT2D eigenvalue weighted by molar-refractivity contribution is -0.140. The fraction of sp³-hybridized carbons (Fsp3) is 0.562. The van der Waals surface area contributed by atoms with Crippen LogP contribution < -0.4 is 5.32 Å². The minimum Gasteiger partial charge on any atom is -0.341 e. The van der Waals surface area contributed by atoms with Crippen molar-refractivity contribution in [3.8, 4) is 0 Å². The molecule has 1 amide bonds. The molecule has 1 N–H and O–H groups in total. The maximum Gasteiger partial charge on any atom is 0.230 e. The molecule has 1 aliphatic heterocycles. The Kier molecular flexibility index (Phi) is 4.76. The number of nitrogens with one attached hydrogen (secondary N) is 1. The van der Waals surface area contributed by atoms with Gasteiger partial charge in [0, 0.05) is 20.1 Å². The van der Waals surface area contributed by atoms with Crippen LogP contribution in [-0.2, 0) is 11.3 Å². The van der Waals surface area contributed by atoms with E-state index in [0.29, 0.717) is 6.54 Å². The van der Waals surface area contributed by atoms with E-state index in [-0.39, 0.29) is 17.1 Å². The summed E-state index contributed by atoms with van der Waals surface area (Å²) < 4.78 is 12.9. The lowest BCUT2D eigenvalue weighted by Gasteiger charge is -2.31. The predicted octanol–water partition coefficient (Wildman–Crippen LogP) is 2.56. The average Bonchev–Trinajstić information content (AvgIpc) is 2.90. The number of benzene rings is 1. The molecule has 1 aromatic carbocycles. The SMILES string of the molecule is CCCC1(C(=O)N(C)Cc2ccc(F)cc2)CCNC1. The van der Waals surface area contributed by atoms with Crippen LogP contribution in [0, 0.1) is 11.2 Å². The van der Waals surface area contributed by atoms with E-state index in [1.165, 1.54) is 12.1 Å². The molecule has 0 aliphatic carbocycles. The Labute approximate surface area is 120 Å². The molecule has 1 atom stereocenters. The maximum atomic E-state index is 12.9. The van der Waals surface area contributed by atoms with Gasteiger partial charge >= 0.3 is 0 Å². The van der Waals surface area contributed by atoms with Crippen molar-refractivity contribution in [3.63, 3.8) is 0 Å². The third kappa shape index (κ3) is 3.18. The molecule has 0 aromatic heterocycles. The number of rotatable bonds is 5. The summed E-state index contributed by atoms with van der Waals surface area (Å²) in [5.74, 6) is -0.0427. The van der Waals surface area contributed by atoms with Gasteiger partial charge in [0.15, 0.2) is 0 Å². The molecule has 1 fully saturated rings. The van der Waals surface area contributed by atoms with E-state index < -0.39 is 0 Å². The standard InChI is InChI=1S/C16H23FN2O/c1-3-8-16(9-10-18-12-16)15(20)19(2)11-13-4-6-14(17)7-5-13/h4-7,18H,3,8-12H2,1-2H3. The molecule has 1 aromatic rings. The van der Waals surface area contributed by atoms with Crippen molar-refractivity contribution in [2.75, 3.05) is 20.1 Å². The summed E-state index contributed by atoms with van der Waals surface area (Å²) in [6, 6.07) is 6.34. The predicted molar refractivity (Wildman–Crippen MR) is 77.7 cm³/mol. The Balaban J connectivity index is 2.05. The van der Waals surface area contributed by atoms with Crippen LogP contribution in [0.2, 0.25) is 0 Å². The van der Waals surface area contributed by atoms with Gasteiger partial charge < -0.3 is 10.2 Å². The van der Waals surface area contributed by atoms with Crippen molar-refractivity contribution in [1.29, 1.82) is 0 Å². The van der Waals surface area contributed by atoms with Crippen molar-refractivity contribution in [2.24, 2.45) is 5.41 Å². The Hall–Kier alpha value is -1.42. The summed E-state index contributed by atoms with van der Waals surface area (Å²) in [6.45, 7) is 4.33. The molecule has 1 aliphatic rings. The van der Waals surface area contributed by atoms with Crippen molar-refractivity contribution in [1.82, 2.24) is 10.2 Å². The van der Waals surface area contributed by atoms with Crippen molar-refractivity contribution >= 4 is 5.91 Å². The molecule has 1 unspecified atom stereocenters. The molecule has 0 spiro atoms. The Bertz CT molecular complexity index is 452. The Morgan fingerprint density at radius 2 is 2.10 bits per heavy atom. The fourth-order valence-corrected chi connectivity index (χ4v) is 3.07. The number of carbonyl (C=O) groups excluding carboxylic acids is 1. The second-order valence-electron chi connectivity index (χ2n) is 5.74. The smallest absolute Gasteiger partial charge is 0.230 e. The average molecular weight is 278 g/mol. The molecule has 0 saturated carbocycles. The summed E-state index contributed by atoms with van der Waals surface area (Å²) in [7, 11) is 1.83. The van der Waals surface area contributed by atoms with Crippen LogP contribution in [0.1, 0.15) is 31.7 Å². The van der Waals surface area contributed by atoms with Crippen LogP contribution >= 0.6 is 0 Å². The molecular weight excluding hydrogens is 255 g/mol. The number of nitrogens with zero attached hydrogens (tertiary/aromatic N) is 1. The van der Waals surface area contributed by atoms with Gasteiger partial charge in [0.2, 0.25) is 5.91 Å². The summed E-state index contributed by atoms with van der Waals surface area (Å²) in [5, 5.41) is 3.31. The van der Waals surface area contributed by atoms with Crippen LogP contribution in [0.25, 0.3) is 0 Å². The van der Waals surface area contributed by atoms with E-state index in [1.807, 2.05) is 7.05 Å². The lowest BCUT2D eigenvalue weighted by atomic mass is 9.81. The normalized spacial score (nSPS) is 21.9. The van der Waals surface area contributed by atoms with Gasteiger partial charge in [-0.25, -0.2) is 4.39 Å². The quantitative estimate of drug-likeness (QED) is 0.898. The highest BCUT2D eigenvalue weighted by Crippen LogP contribution is 2.33. The summed E-state index contributed by atoms with van der Waals surface area (Å²) in [4.78, 5) is 14.5. The molecular formula is C16H23FN2O. The van der Waals surface area contributed by atoms with E-state index in [4.69, 9.17) is 0 Å². The molecule has 110 valence electrons. The van der Waals surface area contributed by atoms with Crippen molar-refractivity contribution in [2.45, 2.75) is 32.7 Å². The third-order valence-corrected chi connectivity index (χ3v) is 4.11. The van der Waals surface area contributed by atoms with Crippen LogP contribution in [0.4, 0.5) is 4.39 Å². The molecule has 3 nitrogen and oxygen atoms in total. The van der Waals surface area contributed by atoms with Crippen LogP contribution in [0.15, 0.2) is 24.3 Å². The second kappa shape index (κ2) is 6.35. The molecule has 4 heteroatoms. The maximum absolute atomic E-state index is 12.9. The largest absolute Gasteiger partial charge is 0.341 e. The molecule has 20 heavy (non-hydrogen) atoms. The monoisotopic (exact) mass is 278 g/mol. The third-order valence-electron chi connectivity index (χ3n) is 4.11. The topological polar surface area (TPSA) is 32.3 Å². The number of carbonyl (C=O) groups is 1. The highest BCUT2D eigenvalue weighted by atomic mass is 19.1. The zero-order valence-electron chi connectivity index (χ0n) is 12.3. The van der Waals surface area contributed by atoms with Gasteiger partial charge in [-0.05, 0) is 37.1 Å². The first-order chi connectivity index (χ1) is 9.57. The zero-order chi connectivity index (χ0) is 14.6. The van der Waals surface area contributed by atoms with E-state index in [1.54, 1.807) is 17.0 Å². The fourth-order valence-electron chi connectivity index (χ4n) is 3.07. The first-order valence-electron chi connectivity index (χ1n) is 7.28. The van der Waals surface area contributed by atoms with E-state index in [0.717, 1.165) is 37.9 Å². The van der Waals surface area contributed by atoms with Crippen molar-refractivity contribution < 1.29 is 9.18 Å². The Morgan fingerprint density at radius 3 is 2.65 bits per heavy atom. The highest BCUT2D eigenvalue weighted by Gasteiger charge is 2.41. The molecule has 1 saturated heterocycles. The minimum atomic E-state index is -0.246. The summed E-state index contributed by atoms with van der Waals surface area (Å²) in [6.07, 6.45) is 2.85. The number of amides is 1. The van der Waals surface area contributed by atoms with Gasteiger partial charge in [0.25, 0.3) is 0 Å². The van der Waals surface area contributed by atoms with Gasteiger partial charge in [-0.15, -0.1) is 0 Å². The van der Waals surface area contributed by atoms with Crippen molar-refractivity contribution in [3.05, 3.63) is 35.6 Å². The second-order valence-corrected chi connectivity index (χ2v) is 5.74. The van der Waals surface area contributed by atoms with E-state index >= 15 is 0 Å². The van der Waals surface area contributed by atoms with Gasteiger partial charge in [-0.3, -0.25) is 4.79 Å².